The fourth-order valence-electron chi connectivity index (χ4n) is 3.25. The van der Waals surface area contributed by atoms with Crippen molar-refractivity contribution in [3.8, 4) is 11.4 Å². The molecule has 10 heteroatoms. The van der Waals surface area contributed by atoms with Gasteiger partial charge in [-0.1, -0.05) is 16.8 Å². The van der Waals surface area contributed by atoms with Gasteiger partial charge in [0.1, 0.15) is 17.5 Å². The second-order valence-corrected chi connectivity index (χ2v) is 7.93. The first-order valence-electron chi connectivity index (χ1n) is 10.2. The SMILES string of the molecule is Cc1cnn(Cc2cc(F)ccc2F)c1NC(=O)CCCc1nc(-c2ccc(Cl)cc2)no1. The second kappa shape index (κ2) is 9.91. The molecule has 0 aliphatic carbocycles. The van der Waals surface area contributed by atoms with Crippen molar-refractivity contribution < 1.29 is 18.1 Å². The van der Waals surface area contributed by atoms with E-state index in [1.807, 2.05) is 0 Å². The highest BCUT2D eigenvalue weighted by Gasteiger charge is 2.15. The third-order valence-electron chi connectivity index (χ3n) is 4.97. The Morgan fingerprint density at radius 2 is 1.97 bits per heavy atom. The summed E-state index contributed by atoms with van der Waals surface area (Å²) in [5.41, 5.74) is 1.64. The van der Waals surface area contributed by atoms with E-state index in [4.69, 9.17) is 16.1 Å². The van der Waals surface area contributed by atoms with Crippen molar-refractivity contribution in [3.05, 3.63) is 82.3 Å². The van der Waals surface area contributed by atoms with Gasteiger partial charge in [0.05, 0.1) is 12.7 Å². The molecule has 0 spiro atoms. The molecule has 2 aromatic carbocycles. The molecule has 0 aliphatic heterocycles. The Morgan fingerprint density at radius 3 is 2.76 bits per heavy atom. The third kappa shape index (κ3) is 5.61. The van der Waals surface area contributed by atoms with Crippen LogP contribution in [0.3, 0.4) is 0 Å². The molecule has 0 atom stereocenters. The van der Waals surface area contributed by atoms with Gasteiger partial charge in [0.25, 0.3) is 0 Å². The van der Waals surface area contributed by atoms with E-state index in [2.05, 4.69) is 20.6 Å². The number of hydrogen-bond acceptors (Lipinski definition) is 5. The molecule has 1 N–H and O–H groups in total. The average Bonchev–Trinajstić information content (AvgIpc) is 3.39. The van der Waals surface area contributed by atoms with E-state index in [-0.39, 0.29) is 24.4 Å². The van der Waals surface area contributed by atoms with Crippen LogP contribution in [-0.2, 0) is 17.8 Å². The number of anilines is 1. The van der Waals surface area contributed by atoms with E-state index < -0.39 is 11.6 Å². The van der Waals surface area contributed by atoms with E-state index in [0.29, 0.717) is 41.0 Å². The molecular formula is C23H20ClF2N5O2. The van der Waals surface area contributed by atoms with Crippen LogP contribution < -0.4 is 5.32 Å². The molecule has 0 fully saturated rings. The maximum atomic E-state index is 14.0. The van der Waals surface area contributed by atoms with Gasteiger partial charge < -0.3 is 9.84 Å². The first-order valence-corrected chi connectivity index (χ1v) is 10.6. The molecule has 4 rings (SSSR count). The Morgan fingerprint density at radius 1 is 1.18 bits per heavy atom. The Hall–Kier alpha value is -3.59. The minimum Gasteiger partial charge on any atom is -0.339 e. The number of nitrogens with zero attached hydrogens (tertiary/aromatic N) is 4. The van der Waals surface area contributed by atoms with Crippen molar-refractivity contribution >= 4 is 23.3 Å². The quantitative estimate of drug-likeness (QED) is 0.382. The standard InChI is InChI=1S/C23H20ClF2N5O2/c1-14-12-27-31(13-16-11-18(25)9-10-19(16)26)23(14)28-20(32)3-2-4-21-29-22(30-33-21)15-5-7-17(24)8-6-15/h5-12H,2-4,13H2,1H3,(H,28,32). The summed E-state index contributed by atoms with van der Waals surface area (Å²) in [7, 11) is 0. The van der Waals surface area contributed by atoms with E-state index in [1.54, 1.807) is 37.4 Å². The number of halogens is 3. The van der Waals surface area contributed by atoms with Crippen LogP contribution in [-0.4, -0.2) is 25.8 Å². The number of aromatic nitrogens is 4. The smallest absolute Gasteiger partial charge is 0.226 e. The average molecular weight is 472 g/mol. The number of amides is 1. The number of rotatable bonds is 8. The predicted octanol–water partition coefficient (Wildman–Crippen LogP) is 5.18. The Labute approximate surface area is 193 Å². The van der Waals surface area contributed by atoms with Crippen molar-refractivity contribution in [3.63, 3.8) is 0 Å². The molecule has 1 amide bonds. The normalized spacial score (nSPS) is 11.0. The fraction of sp³-hybridized carbons (Fsp3) is 0.217. The molecule has 2 heterocycles. The molecule has 2 aromatic heterocycles. The molecular weight excluding hydrogens is 452 g/mol. The van der Waals surface area contributed by atoms with Gasteiger partial charge in [0.15, 0.2) is 0 Å². The summed E-state index contributed by atoms with van der Waals surface area (Å²) in [5, 5.41) is 11.5. The van der Waals surface area contributed by atoms with E-state index in [9.17, 15) is 13.6 Å². The van der Waals surface area contributed by atoms with Crippen molar-refractivity contribution in [2.24, 2.45) is 0 Å². The van der Waals surface area contributed by atoms with Gasteiger partial charge in [-0.15, -0.1) is 0 Å². The highest BCUT2D eigenvalue weighted by atomic mass is 35.5. The van der Waals surface area contributed by atoms with Gasteiger partial charge in [-0.2, -0.15) is 10.1 Å². The van der Waals surface area contributed by atoms with Crippen molar-refractivity contribution in [1.82, 2.24) is 19.9 Å². The van der Waals surface area contributed by atoms with Gasteiger partial charge in [-0.05, 0) is 55.8 Å². The molecule has 0 radical (unpaired) electrons. The van der Waals surface area contributed by atoms with Crippen LogP contribution in [0.2, 0.25) is 5.02 Å². The van der Waals surface area contributed by atoms with Crippen LogP contribution >= 0.6 is 11.6 Å². The van der Waals surface area contributed by atoms with Gasteiger partial charge in [0.2, 0.25) is 17.6 Å². The molecule has 0 unspecified atom stereocenters. The summed E-state index contributed by atoms with van der Waals surface area (Å²) in [4.78, 5) is 16.8. The van der Waals surface area contributed by atoms with E-state index >= 15 is 0 Å². The van der Waals surface area contributed by atoms with Crippen molar-refractivity contribution in [2.75, 3.05) is 5.32 Å². The zero-order valence-corrected chi connectivity index (χ0v) is 18.4. The summed E-state index contributed by atoms with van der Waals surface area (Å²) < 4.78 is 34.1. The maximum Gasteiger partial charge on any atom is 0.226 e. The number of benzene rings is 2. The molecule has 170 valence electrons. The Kier molecular flexibility index (Phi) is 6.79. The minimum absolute atomic E-state index is 0.0114. The second-order valence-electron chi connectivity index (χ2n) is 7.49. The molecule has 0 saturated heterocycles. The minimum atomic E-state index is -0.542. The predicted molar refractivity (Wildman–Crippen MR) is 119 cm³/mol. The van der Waals surface area contributed by atoms with Crippen LogP contribution in [0.4, 0.5) is 14.6 Å². The summed E-state index contributed by atoms with van der Waals surface area (Å²) in [6.07, 6.45) is 2.68. The highest BCUT2D eigenvalue weighted by molar-refractivity contribution is 6.30. The molecule has 0 saturated carbocycles. The van der Waals surface area contributed by atoms with Gasteiger partial charge in [-0.3, -0.25) is 4.79 Å². The van der Waals surface area contributed by atoms with E-state index in [0.717, 1.165) is 23.8 Å². The fourth-order valence-corrected chi connectivity index (χ4v) is 3.38. The van der Waals surface area contributed by atoms with Crippen LogP contribution in [0.15, 0.2) is 53.2 Å². The first kappa shape index (κ1) is 22.6. The highest BCUT2D eigenvalue weighted by Crippen LogP contribution is 2.20. The molecule has 4 aromatic rings. The Bertz CT molecular complexity index is 1270. The summed E-state index contributed by atoms with van der Waals surface area (Å²) >= 11 is 5.89. The summed E-state index contributed by atoms with van der Waals surface area (Å²) in [5.74, 6) is -0.00489. The molecule has 33 heavy (non-hydrogen) atoms. The molecule has 0 bridgehead atoms. The lowest BCUT2D eigenvalue weighted by molar-refractivity contribution is -0.116. The lowest BCUT2D eigenvalue weighted by atomic mass is 10.2. The van der Waals surface area contributed by atoms with Gasteiger partial charge in [-0.25, -0.2) is 13.5 Å². The van der Waals surface area contributed by atoms with Gasteiger partial charge >= 0.3 is 0 Å². The monoisotopic (exact) mass is 471 g/mol. The van der Waals surface area contributed by atoms with Crippen LogP contribution in [0.5, 0.6) is 0 Å². The van der Waals surface area contributed by atoms with Gasteiger partial charge in [0, 0.05) is 34.6 Å². The topological polar surface area (TPSA) is 85.8 Å². The number of aryl methyl sites for hydroxylation is 2. The Balaban J connectivity index is 1.33. The number of carbonyl (C=O) groups excluding carboxylic acids is 1. The summed E-state index contributed by atoms with van der Waals surface area (Å²) in [6, 6.07) is 10.3. The van der Waals surface area contributed by atoms with E-state index in [1.165, 1.54) is 4.68 Å². The van der Waals surface area contributed by atoms with Crippen molar-refractivity contribution in [1.29, 1.82) is 0 Å². The lowest BCUT2D eigenvalue weighted by Crippen LogP contribution is -2.17. The van der Waals surface area contributed by atoms with Crippen molar-refractivity contribution in [2.45, 2.75) is 32.7 Å². The van der Waals surface area contributed by atoms with Crippen LogP contribution in [0.1, 0.15) is 29.9 Å². The lowest BCUT2D eigenvalue weighted by Gasteiger charge is -2.11. The van der Waals surface area contributed by atoms with Crippen LogP contribution in [0.25, 0.3) is 11.4 Å². The molecule has 7 nitrogen and oxygen atoms in total. The largest absolute Gasteiger partial charge is 0.339 e. The van der Waals surface area contributed by atoms with Crippen LogP contribution in [0, 0.1) is 18.6 Å². The zero-order chi connectivity index (χ0) is 23.4. The maximum absolute atomic E-state index is 14.0. The number of nitrogens with one attached hydrogen (secondary N) is 1. The zero-order valence-electron chi connectivity index (χ0n) is 17.7. The number of hydrogen-bond donors (Lipinski definition) is 1. The number of carbonyl (C=O) groups is 1. The first-order chi connectivity index (χ1) is 15.9. The third-order valence-corrected chi connectivity index (χ3v) is 5.23. The summed E-state index contributed by atoms with van der Waals surface area (Å²) in [6.45, 7) is 1.76. The molecule has 0 aliphatic rings.